The van der Waals surface area contributed by atoms with Crippen molar-refractivity contribution in [1.82, 2.24) is 20.0 Å². The van der Waals surface area contributed by atoms with Crippen LogP contribution < -0.4 is 5.32 Å². The van der Waals surface area contributed by atoms with Gasteiger partial charge in [0.2, 0.25) is 11.8 Å². The minimum absolute atomic E-state index is 0.00489. The number of benzene rings is 2. The lowest BCUT2D eigenvalue weighted by Crippen LogP contribution is -2.54. The fourth-order valence-electron chi connectivity index (χ4n) is 10.9. The van der Waals surface area contributed by atoms with E-state index in [4.69, 9.17) is 9.47 Å². The lowest BCUT2D eigenvalue weighted by Gasteiger charge is -2.42. The summed E-state index contributed by atoms with van der Waals surface area (Å²) in [5, 5.41) is 12.2. The van der Waals surface area contributed by atoms with E-state index < -0.39 is 23.3 Å². The quantitative estimate of drug-likeness (QED) is 0.243. The molecule has 0 radical (unpaired) electrons. The molecule has 1 fully saturated rings. The summed E-state index contributed by atoms with van der Waals surface area (Å²) < 4.78 is 10.8. The molecule has 7 rings (SSSR count). The van der Waals surface area contributed by atoms with E-state index in [-0.39, 0.29) is 43.0 Å². The highest BCUT2D eigenvalue weighted by atomic mass is 16.6. The van der Waals surface area contributed by atoms with Crippen LogP contribution in [0.5, 0.6) is 0 Å². The Morgan fingerprint density at radius 1 is 0.769 bits per heavy atom. The molecule has 11 heteroatoms. The molecule has 356 valence electrons. The number of fused-ring (bicyclic) bond motifs is 4. The van der Waals surface area contributed by atoms with Crippen molar-refractivity contribution in [3.8, 4) is 0 Å². The molecule has 1 saturated carbocycles. The summed E-state index contributed by atoms with van der Waals surface area (Å²) in [7, 11) is 1.82. The fourth-order valence-corrected chi connectivity index (χ4v) is 10.9. The average molecular weight is 895 g/mol. The van der Waals surface area contributed by atoms with E-state index >= 15 is 0 Å². The number of hydrogen-bond donors (Lipinski definition) is 2. The molecular formula is C54H78N4O7. The van der Waals surface area contributed by atoms with Crippen LogP contribution in [0.4, 0.5) is 9.59 Å². The van der Waals surface area contributed by atoms with Gasteiger partial charge >= 0.3 is 12.2 Å². The maximum Gasteiger partial charge on any atom is 0.410 e. The van der Waals surface area contributed by atoms with E-state index in [2.05, 4.69) is 86.4 Å². The minimum Gasteiger partial charge on any atom is -0.444 e. The van der Waals surface area contributed by atoms with Gasteiger partial charge in [-0.1, -0.05) is 76.2 Å². The zero-order valence-electron chi connectivity index (χ0n) is 41.3. The van der Waals surface area contributed by atoms with Gasteiger partial charge in [0.1, 0.15) is 17.2 Å². The Morgan fingerprint density at radius 2 is 1.31 bits per heavy atom. The van der Waals surface area contributed by atoms with Crippen molar-refractivity contribution in [3.05, 3.63) is 81.9 Å². The Balaban J connectivity index is 0.000000216. The molecular weight excluding hydrogens is 817 g/mol. The Hall–Kier alpha value is -4.64. The molecule has 3 aliphatic carbocycles. The van der Waals surface area contributed by atoms with Crippen LogP contribution in [0.15, 0.2) is 59.7 Å². The minimum atomic E-state index is -0.805. The topological polar surface area (TPSA) is 129 Å². The van der Waals surface area contributed by atoms with Crippen molar-refractivity contribution in [2.45, 2.75) is 163 Å². The first-order chi connectivity index (χ1) is 30.6. The zero-order valence-corrected chi connectivity index (χ0v) is 41.3. The number of alkyl carbamates (subject to hydrolysis) is 1. The number of rotatable bonds is 10. The standard InChI is InChI=1S/C29H42N2O3.C25H36N2O4/c1-19(2)26-25-17-22-9-7-8-10-23(22)24(25)15-16-31(26)27(32)21-13-11-20(12-14-21)18-30(6)28(33)34-29(3,4)5;1-16(2)14-22-20-15-17-8-6-7-9-18(17)19(20)10-12-27(22)23(29)21(11-13-28)26-24(30)31-25(3,4)5/h7-10,19-21,26H,11-18H2,1-6H3;6-9,16,21-22,28H,10-15H2,1-5H3,(H,26,30)/t;21-,22?/m.1/s1. The van der Waals surface area contributed by atoms with Crippen molar-refractivity contribution >= 4 is 35.1 Å². The number of carbonyl (C=O) groups is 4. The third-order valence-electron chi connectivity index (χ3n) is 13.6. The molecule has 2 heterocycles. The molecule has 2 aromatic rings. The molecule has 3 atom stereocenters. The number of ether oxygens (including phenoxy) is 2. The molecule has 4 amide bonds. The molecule has 2 aromatic carbocycles. The fraction of sp³-hybridized carbons (Fsp3) is 0.630. The third kappa shape index (κ3) is 12.2. The van der Waals surface area contributed by atoms with Gasteiger partial charge in [-0.25, -0.2) is 9.59 Å². The van der Waals surface area contributed by atoms with E-state index in [1.807, 2.05) is 32.7 Å². The summed E-state index contributed by atoms with van der Waals surface area (Å²) in [6.45, 7) is 21.8. The van der Waals surface area contributed by atoms with Gasteiger partial charge in [-0.3, -0.25) is 9.59 Å². The Bertz CT molecular complexity index is 2100. The smallest absolute Gasteiger partial charge is 0.410 e. The van der Waals surface area contributed by atoms with E-state index in [0.717, 1.165) is 64.3 Å². The SMILES string of the molecule is CC(C)C1C2=C(CCN1C(=O)C1CCC(CN(C)C(=O)OC(C)(C)C)CC1)c1ccccc1C2.CC(C)CC1C2=C(CCN1C(=O)[C@@H](CCO)NC(=O)OC(C)(C)C)c1ccccc1C2. The first-order valence-corrected chi connectivity index (χ1v) is 24.4. The van der Waals surface area contributed by atoms with Crippen molar-refractivity contribution in [2.75, 3.05) is 33.3 Å². The lowest BCUT2D eigenvalue weighted by molar-refractivity contribution is -0.139. The summed E-state index contributed by atoms with van der Waals surface area (Å²) in [5.41, 5.74) is 10.0. The molecule has 2 N–H and O–H groups in total. The first-order valence-electron chi connectivity index (χ1n) is 24.4. The number of nitrogens with one attached hydrogen (secondary N) is 1. The van der Waals surface area contributed by atoms with Crippen LogP contribution in [-0.4, -0.2) is 106 Å². The van der Waals surface area contributed by atoms with Crippen molar-refractivity contribution in [3.63, 3.8) is 0 Å². The molecule has 5 aliphatic rings. The summed E-state index contributed by atoms with van der Waals surface area (Å²) in [4.78, 5) is 57.8. The summed E-state index contributed by atoms with van der Waals surface area (Å²) >= 11 is 0. The lowest BCUT2D eigenvalue weighted by atomic mass is 9.79. The van der Waals surface area contributed by atoms with E-state index in [1.165, 1.54) is 44.5 Å². The van der Waals surface area contributed by atoms with Gasteiger partial charge in [0.15, 0.2) is 0 Å². The first kappa shape index (κ1) is 49.8. The van der Waals surface area contributed by atoms with Gasteiger partial charge in [-0.2, -0.15) is 0 Å². The number of amides is 4. The van der Waals surface area contributed by atoms with Gasteiger partial charge in [0.05, 0.1) is 12.1 Å². The normalized spacial score (nSPS) is 22.1. The monoisotopic (exact) mass is 895 g/mol. The number of carbonyl (C=O) groups excluding carboxylic acids is 4. The molecule has 0 bridgehead atoms. The van der Waals surface area contributed by atoms with Gasteiger partial charge in [-0.15, -0.1) is 0 Å². The van der Waals surface area contributed by atoms with Gasteiger partial charge in [0.25, 0.3) is 0 Å². The van der Waals surface area contributed by atoms with Gasteiger partial charge < -0.3 is 34.6 Å². The van der Waals surface area contributed by atoms with Crippen molar-refractivity contribution in [1.29, 1.82) is 0 Å². The van der Waals surface area contributed by atoms with E-state index in [0.29, 0.717) is 36.8 Å². The maximum atomic E-state index is 13.7. The molecule has 0 spiro atoms. The van der Waals surface area contributed by atoms with Gasteiger partial charge in [0, 0.05) is 39.2 Å². The summed E-state index contributed by atoms with van der Waals surface area (Å²) in [6, 6.07) is 16.7. The van der Waals surface area contributed by atoms with Crippen LogP contribution in [0, 0.1) is 23.7 Å². The average Bonchev–Trinajstić information content (AvgIpc) is 3.81. The van der Waals surface area contributed by atoms with Gasteiger partial charge in [-0.05, 0) is 168 Å². The maximum absolute atomic E-state index is 13.7. The molecule has 2 aliphatic heterocycles. The Kier molecular flexibility index (Phi) is 16.0. The van der Waals surface area contributed by atoms with Crippen LogP contribution in [-0.2, 0) is 31.9 Å². The second kappa shape index (κ2) is 20.9. The highest BCUT2D eigenvalue weighted by Crippen LogP contribution is 2.45. The highest BCUT2D eigenvalue weighted by Gasteiger charge is 2.42. The largest absolute Gasteiger partial charge is 0.444 e. The molecule has 11 nitrogen and oxygen atoms in total. The highest BCUT2D eigenvalue weighted by molar-refractivity contribution is 5.89. The molecule has 0 saturated heterocycles. The molecule has 65 heavy (non-hydrogen) atoms. The van der Waals surface area contributed by atoms with Crippen LogP contribution in [0.25, 0.3) is 11.1 Å². The number of hydrogen-bond acceptors (Lipinski definition) is 7. The van der Waals surface area contributed by atoms with E-state index in [1.54, 1.807) is 25.7 Å². The van der Waals surface area contributed by atoms with Crippen LogP contribution >= 0.6 is 0 Å². The molecule has 0 aromatic heterocycles. The second-order valence-corrected chi connectivity index (χ2v) is 21.9. The zero-order chi connectivity index (χ0) is 47.4. The van der Waals surface area contributed by atoms with Crippen LogP contribution in [0.1, 0.15) is 143 Å². The molecule has 2 unspecified atom stereocenters. The summed E-state index contributed by atoms with van der Waals surface area (Å²) in [6.07, 6.45) is 7.59. The predicted molar refractivity (Wildman–Crippen MR) is 258 cm³/mol. The van der Waals surface area contributed by atoms with Crippen LogP contribution in [0.2, 0.25) is 0 Å². The number of nitrogens with zero attached hydrogens (tertiary/aromatic N) is 3. The van der Waals surface area contributed by atoms with E-state index in [9.17, 15) is 24.3 Å². The van der Waals surface area contributed by atoms with Crippen molar-refractivity contribution < 1.29 is 33.8 Å². The Labute approximate surface area is 389 Å². The number of aliphatic hydroxyl groups excluding tert-OH is 1. The predicted octanol–water partition coefficient (Wildman–Crippen LogP) is 9.85. The second-order valence-electron chi connectivity index (χ2n) is 21.9. The number of aliphatic hydroxyl groups is 1. The Morgan fingerprint density at radius 3 is 1.85 bits per heavy atom. The summed E-state index contributed by atoms with van der Waals surface area (Å²) in [5.74, 6) is 1.57. The third-order valence-corrected chi connectivity index (χ3v) is 13.6. The van der Waals surface area contributed by atoms with Crippen LogP contribution in [0.3, 0.4) is 0 Å². The van der Waals surface area contributed by atoms with Crippen molar-refractivity contribution in [2.24, 2.45) is 23.7 Å².